The summed E-state index contributed by atoms with van der Waals surface area (Å²) in [7, 11) is 0. The maximum Gasteiger partial charge on any atom is 0.303 e. The van der Waals surface area contributed by atoms with Gasteiger partial charge >= 0.3 is 5.97 Å². The highest BCUT2D eigenvalue weighted by atomic mass is 16.4. The summed E-state index contributed by atoms with van der Waals surface area (Å²) < 4.78 is 1.82. The number of aliphatic carboxylic acids is 1. The van der Waals surface area contributed by atoms with E-state index in [-0.39, 0.29) is 6.42 Å². The quantitative estimate of drug-likeness (QED) is 0.841. The van der Waals surface area contributed by atoms with Gasteiger partial charge in [-0.05, 0) is 6.42 Å². The zero-order valence-electron chi connectivity index (χ0n) is 9.05. The van der Waals surface area contributed by atoms with Crippen LogP contribution in [0.1, 0.15) is 24.7 Å². The molecule has 5 nitrogen and oxygen atoms in total. The summed E-state index contributed by atoms with van der Waals surface area (Å²) >= 11 is 0. The Morgan fingerprint density at radius 3 is 3.00 bits per heavy atom. The number of aromatic nitrogens is 3. The predicted octanol–water partition coefficient (Wildman–Crippen LogP) is 1.31. The molecular weight excluding hydrogens is 206 g/mol. The molecule has 0 spiro atoms. The third-order valence-corrected chi connectivity index (χ3v) is 2.41. The largest absolute Gasteiger partial charge is 0.481 e. The average molecular weight is 219 g/mol. The van der Waals surface area contributed by atoms with Crippen molar-refractivity contribution in [1.82, 2.24) is 14.4 Å². The molecule has 2 aromatic rings. The second-order valence-electron chi connectivity index (χ2n) is 3.63. The minimum absolute atomic E-state index is 0.109. The molecule has 5 heteroatoms. The highest BCUT2D eigenvalue weighted by Gasteiger charge is 2.05. The molecule has 0 bridgehead atoms. The van der Waals surface area contributed by atoms with Crippen LogP contribution in [0.25, 0.3) is 5.65 Å². The zero-order chi connectivity index (χ0) is 11.5. The van der Waals surface area contributed by atoms with Crippen LogP contribution in [0.2, 0.25) is 0 Å². The van der Waals surface area contributed by atoms with Crippen LogP contribution in [0.15, 0.2) is 18.6 Å². The summed E-state index contributed by atoms with van der Waals surface area (Å²) in [5, 5.41) is 8.58. The molecule has 1 N–H and O–H groups in total. The number of aryl methyl sites for hydroxylation is 2. The minimum Gasteiger partial charge on any atom is -0.481 e. The SMILES string of the molecule is CCc1cc2nc(CCC(=O)O)cn2cn1. The fourth-order valence-corrected chi connectivity index (χ4v) is 1.53. The average Bonchev–Trinajstić information content (AvgIpc) is 2.67. The maximum atomic E-state index is 10.4. The molecule has 2 heterocycles. The molecule has 0 aliphatic carbocycles. The van der Waals surface area contributed by atoms with E-state index in [0.29, 0.717) is 6.42 Å². The van der Waals surface area contributed by atoms with Gasteiger partial charge < -0.3 is 5.11 Å². The highest BCUT2D eigenvalue weighted by molar-refractivity contribution is 5.67. The van der Waals surface area contributed by atoms with Crippen LogP contribution in [-0.4, -0.2) is 25.4 Å². The normalized spacial score (nSPS) is 10.8. The van der Waals surface area contributed by atoms with Gasteiger partial charge in [0.2, 0.25) is 0 Å². The molecule has 0 radical (unpaired) electrons. The Balaban J connectivity index is 2.25. The van der Waals surface area contributed by atoms with E-state index in [0.717, 1.165) is 23.5 Å². The number of carboxylic acids is 1. The molecule has 2 aromatic heterocycles. The van der Waals surface area contributed by atoms with E-state index in [1.54, 1.807) is 6.33 Å². The fraction of sp³-hybridized carbons (Fsp3) is 0.364. The molecule has 0 aliphatic rings. The van der Waals surface area contributed by atoms with Crippen molar-refractivity contribution >= 4 is 11.6 Å². The first-order chi connectivity index (χ1) is 7.69. The summed E-state index contributed by atoms with van der Waals surface area (Å²) in [5.41, 5.74) is 2.60. The Hall–Kier alpha value is -1.91. The third kappa shape index (κ3) is 2.18. The van der Waals surface area contributed by atoms with Gasteiger partial charge in [0.05, 0.1) is 12.1 Å². The lowest BCUT2D eigenvalue weighted by Gasteiger charge is -1.95. The van der Waals surface area contributed by atoms with Crippen LogP contribution in [-0.2, 0) is 17.6 Å². The Labute approximate surface area is 92.8 Å². The number of nitrogens with zero attached hydrogens (tertiary/aromatic N) is 3. The number of carboxylic acid groups (broad SMARTS) is 1. The summed E-state index contributed by atoms with van der Waals surface area (Å²) in [5.74, 6) is -0.801. The van der Waals surface area contributed by atoms with E-state index in [9.17, 15) is 4.79 Å². The van der Waals surface area contributed by atoms with Gasteiger partial charge in [-0.15, -0.1) is 0 Å². The van der Waals surface area contributed by atoms with Crippen LogP contribution < -0.4 is 0 Å². The lowest BCUT2D eigenvalue weighted by Crippen LogP contribution is -1.97. The summed E-state index contributed by atoms with van der Waals surface area (Å²) in [4.78, 5) is 19.0. The van der Waals surface area contributed by atoms with Crippen LogP contribution in [0.5, 0.6) is 0 Å². The van der Waals surface area contributed by atoms with Gasteiger partial charge in [0.1, 0.15) is 12.0 Å². The molecule has 0 aliphatic heterocycles. The summed E-state index contributed by atoms with van der Waals surface area (Å²) in [6, 6.07) is 1.92. The Bertz CT molecular complexity index is 519. The van der Waals surface area contributed by atoms with E-state index in [2.05, 4.69) is 9.97 Å². The molecular formula is C11H13N3O2. The van der Waals surface area contributed by atoms with Crippen LogP contribution in [0.4, 0.5) is 0 Å². The van der Waals surface area contributed by atoms with Gasteiger partial charge in [0.25, 0.3) is 0 Å². The number of hydrogen-bond acceptors (Lipinski definition) is 3. The highest BCUT2D eigenvalue weighted by Crippen LogP contribution is 2.08. The first-order valence-corrected chi connectivity index (χ1v) is 5.23. The van der Waals surface area contributed by atoms with Crippen molar-refractivity contribution in [3.05, 3.63) is 30.0 Å². The minimum atomic E-state index is -0.801. The summed E-state index contributed by atoms with van der Waals surface area (Å²) in [6.45, 7) is 2.03. The van der Waals surface area contributed by atoms with E-state index in [4.69, 9.17) is 5.11 Å². The first-order valence-electron chi connectivity index (χ1n) is 5.23. The van der Waals surface area contributed by atoms with Gasteiger partial charge in [0, 0.05) is 24.4 Å². The molecule has 2 rings (SSSR count). The van der Waals surface area contributed by atoms with Gasteiger partial charge in [-0.3, -0.25) is 9.20 Å². The lowest BCUT2D eigenvalue weighted by atomic mass is 10.2. The predicted molar refractivity (Wildman–Crippen MR) is 58.3 cm³/mol. The molecule has 0 fully saturated rings. The van der Waals surface area contributed by atoms with Crippen molar-refractivity contribution in [2.45, 2.75) is 26.2 Å². The van der Waals surface area contributed by atoms with Crippen molar-refractivity contribution in [1.29, 1.82) is 0 Å². The fourth-order valence-electron chi connectivity index (χ4n) is 1.53. The van der Waals surface area contributed by atoms with Gasteiger partial charge in [0.15, 0.2) is 0 Å². The first kappa shape index (κ1) is 10.6. The lowest BCUT2D eigenvalue weighted by molar-refractivity contribution is -0.136. The number of fused-ring (bicyclic) bond motifs is 1. The zero-order valence-corrected chi connectivity index (χ0v) is 9.05. The summed E-state index contributed by atoms with van der Waals surface area (Å²) in [6.07, 6.45) is 4.97. The van der Waals surface area contributed by atoms with Crippen LogP contribution >= 0.6 is 0 Å². The van der Waals surface area contributed by atoms with Crippen molar-refractivity contribution in [3.63, 3.8) is 0 Å². The van der Waals surface area contributed by atoms with E-state index in [1.165, 1.54) is 0 Å². The van der Waals surface area contributed by atoms with Crippen molar-refractivity contribution in [3.8, 4) is 0 Å². The van der Waals surface area contributed by atoms with Crippen molar-refractivity contribution in [2.24, 2.45) is 0 Å². The maximum absolute atomic E-state index is 10.4. The second-order valence-corrected chi connectivity index (χ2v) is 3.63. The molecule has 0 unspecified atom stereocenters. The topological polar surface area (TPSA) is 67.5 Å². The molecule has 84 valence electrons. The molecule has 0 atom stereocenters. The number of hydrogen-bond donors (Lipinski definition) is 1. The molecule has 0 saturated carbocycles. The smallest absolute Gasteiger partial charge is 0.303 e. The van der Waals surface area contributed by atoms with E-state index >= 15 is 0 Å². The standard InChI is InChI=1S/C11H13N3O2/c1-2-8-5-10-13-9(3-4-11(15)16)6-14(10)7-12-8/h5-7H,2-4H2,1H3,(H,15,16). The Morgan fingerprint density at radius 1 is 1.50 bits per heavy atom. The molecule has 0 saturated heterocycles. The molecule has 16 heavy (non-hydrogen) atoms. The Morgan fingerprint density at radius 2 is 2.31 bits per heavy atom. The number of carbonyl (C=O) groups is 1. The van der Waals surface area contributed by atoms with Gasteiger partial charge in [-0.25, -0.2) is 9.97 Å². The van der Waals surface area contributed by atoms with Gasteiger partial charge in [-0.1, -0.05) is 6.92 Å². The van der Waals surface area contributed by atoms with E-state index < -0.39 is 5.97 Å². The van der Waals surface area contributed by atoms with Crippen LogP contribution in [0, 0.1) is 0 Å². The van der Waals surface area contributed by atoms with Gasteiger partial charge in [-0.2, -0.15) is 0 Å². The van der Waals surface area contributed by atoms with E-state index in [1.807, 2.05) is 23.6 Å². The molecule has 0 aromatic carbocycles. The Kier molecular flexibility index (Phi) is 2.85. The van der Waals surface area contributed by atoms with Crippen LogP contribution in [0.3, 0.4) is 0 Å². The second kappa shape index (κ2) is 4.30. The monoisotopic (exact) mass is 219 g/mol. The third-order valence-electron chi connectivity index (χ3n) is 2.41. The number of imidazole rings is 1. The number of rotatable bonds is 4. The van der Waals surface area contributed by atoms with Crippen molar-refractivity contribution in [2.75, 3.05) is 0 Å². The van der Waals surface area contributed by atoms with Crippen molar-refractivity contribution < 1.29 is 9.90 Å². The molecule has 0 amide bonds.